The Morgan fingerprint density at radius 3 is 1.08 bits per heavy atom. The van der Waals surface area contributed by atoms with Crippen LogP contribution in [0.3, 0.4) is 0 Å². The summed E-state index contributed by atoms with van der Waals surface area (Å²) in [5.41, 5.74) is -0.804. The molecule has 0 saturated heterocycles. The first-order valence-electron chi connectivity index (χ1n) is 8.57. The zero-order valence-corrected chi connectivity index (χ0v) is 17.2. The zero-order chi connectivity index (χ0) is 19.9. The third-order valence-corrected chi connectivity index (χ3v) is 4.09. The van der Waals surface area contributed by atoms with Gasteiger partial charge < -0.3 is 0 Å². The molecule has 0 aliphatic rings. The van der Waals surface area contributed by atoms with E-state index in [9.17, 15) is 19.2 Å². The number of rotatable bonds is 6. The van der Waals surface area contributed by atoms with Crippen LogP contribution in [0.25, 0.3) is 0 Å². The lowest BCUT2D eigenvalue weighted by molar-refractivity contribution is -0.135. The summed E-state index contributed by atoms with van der Waals surface area (Å²) in [5, 5.41) is 0. The van der Waals surface area contributed by atoms with Gasteiger partial charge in [-0.05, 0) is 20.3 Å². The van der Waals surface area contributed by atoms with Crippen LogP contribution < -0.4 is 0 Å². The molecule has 24 heavy (non-hydrogen) atoms. The van der Waals surface area contributed by atoms with Crippen molar-refractivity contribution in [3.63, 3.8) is 0 Å². The maximum Gasteiger partial charge on any atom is 0.145 e. The first-order chi connectivity index (χ1) is 10.5. The summed E-state index contributed by atoms with van der Waals surface area (Å²) in [6.45, 7) is 17.9. The molecule has 0 aliphatic carbocycles. The molecule has 0 aromatic rings. The third kappa shape index (κ3) is 11.3. The fourth-order valence-corrected chi connectivity index (χ4v) is 1.54. The Morgan fingerprint density at radius 1 is 0.667 bits per heavy atom. The largest absolute Gasteiger partial charge is 0.300 e. The van der Waals surface area contributed by atoms with Crippen LogP contribution >= 0.6 is 0 Å². The van der Waals surface area contributed by atoms with E-state index in [4.69, 9.17) is 0 Å². The van der Waals surface area contributed by atoms with Crippen LogP contribution in [-0.4, -0.2) is 23.1 Å². The molecule has 2 atom stereocenters. The lowest BCUT2D eigenvalue weighted by atomic mass is 9.82. The van der Waals surface area contributed by atoms with Crippen LogP contribution in [0.5, 0.6) is 0 Å². The molecule has 4 heteroatoms. The molecule has 0 aromatic carbocycles. The van der Waals surface area contributed by atoms with Crippen LogP contribution in [0.15, 0.2) is 0 Å². The van der Waals surface area contributed by atoms with E-state index in [2.05, 4.69) is 0 Å². The standard InChI is InChI=1S/C11H20O2.C9H16O2/c1-10(2,3)8(12)7-9(13)11(4,5)6;1-6(8(3)10)5-7(2)9(4)11/h7H2,1-6H3;6-7H,5H2,1-4H3. The number of hydrogen-bond donors (Lipinski definition) is 0. The minimum absolute atomic E-state index is 0.0208. The van der Waals surface area contributed by atoms with Crippen molar-refractivity contribution < 1.29 is 19.2 Å². The molecule has 2 unspecified atom stereocenters. The van der Waals surface area contributed by atoms with E-state index in [1.165, 1.54) is 0 Å². The van der Waals surface area contributed by atoms with Gasteiger partial charge in [-0.2, -0.15) is 0 Å². The van der Waals surface area contributed by atoms with Crippen molar-refractivity contribution in [3.8, 4) is 0 Å². The van der Waals surface area contributed by atoms with Crippen LogP contribution in [0, 0.1) is 22.7 Å². The number of hydrogen-bond acceptors (Lipinski definition) is 4. The fourth-order valence-electron chi connectivity index (χ4n) is 1.54. The average molecular weight is 341 g/mol. The summed E-state index contributed by atoms with van der Waals surface area (Å²) in [6.07, 6.45) is 0.748. The number of carbonyl (C=O) groups excluding carboxylic acids is 4. The molecular formula is C20H36O4. The van der Waals surface area contributed by atoms with Crippen LogP contribution in [0.2, 0.25) is 0 Å². The van der Waals surface area contributed by atoms with Gasteiger partial charge in [0.15, 0.2) is 0 Å². The molecule has 0 fully saturated rings. The monoisotopic (exact) mass is 340 g/mol. The van der Waals surface area contributed by atoms with Gasteiger partial charge in [0.2, 0.25) is 0 Å². The normalized spacial score (nSPS) is 14.1. The summed E-state index contributed by atoms with van der Waals surface area (Å²) in [4.78, 5) is 44.6. The highest BCUT2D eigenvalue weighted by Crippen LogP contribution is 2.22. The van der Waals surface area contributed by atoms with Gasteiger partial charge in [0.05, 0.1) is 6.42 Å². The highest BCUT2D eigenvalue weighted by molar-refractivity contribution is 6.03. The van der Waals surface area contributed by atoms with Crippen molar-refractivity contribution in [2.24, 2.45) is 22.7 Å². The minimum Gasteiger partial charge on any atom is -0.300 e. The Bertz CT molecular complexity index is 419. The average Bonchev–Trinajstić information content (AvgIpc) is 2.36. The minimum atomic E-state index is -0.402. The summed E-state index contributed by atoms with van der Waals surface area (Å²) in [7, 11) is 0. The molecule has 4 nitrogen and oxygen atoms in total. The van der Waals surface area contributed by atoms with Gasteiger partial charge in [-0.3, -0.25) is 19.2 Å². The topological polar surface area (TPSA) is 68.3 Å². The lowest BCUT2D eigenvalue weighted by Crippen LogP contribution is -2.28. The Kier molecular flexibility index (Phi) is 10.2. The van der Waals surface area contributed by atoms with E-state index < -0.39 is 10.8 Å². The third-order valence-electron chi connectivity index (χ3n) is 4.09. The second-order valence-electron chi connectivity index (χ2n) is 8.78. The summed E-state index contributed by atoms with van der Waals surface area (Å²) < 4.78 is 0. The molecule has 0 bridgehead atoms. The van der Waals surface area contributed by atoms with Gasteiger partial charge in [-0.25, -0.2) is 0 Å². The predicted molar refractivity (Wildman–Crippen MR) is 97.8 cm³/mol. The van der Waals surface area contributed by atoms with Crippen molar-refractivity contribution >= 4 is 23.1 Å². The van der Waals surface area contributed by atoms with Crippen molar-refractivity contribution in [2.45, 2.75) is 82.1 Å². The van der Waals surface area contributed by atoms with Crippen molar-refractivity contribution in [1.29, 1.82) is 0 Å². The number of Topliss-reactive ketones (excluding diaryl/α,β-unsaturated/α-hetero) is 4. The Morgan fingerprint density at radius 2 is 0.917 bits per heavy atom. The molecule has 0 spiro atoms. The van der Waals surface area contributed by atoms with Crippen molar-refractivity contribution in [1.82, 2.24) is 0 Å². The second-order valence-corrected chi connectivity index (χ2v) is 8.78. The molecule has 0 aliphatic heterocycles. The summed E-state index contributed by atoms with van der Waals surface area (Å²) >= 11 is 0. The molecule has 0 amide bonds. The molecule has 0 N–H and O–H groups in total. The smallest absolute Gasteiger partial charge is 0.145 e. The van der Waals surface area contributed by atoms with Gasteiger partial charge in [-0.15, -0.1) is 0 Å². The zero-order valence-electron chi connectivity index (χ0n) is 17.2. The van der Waals surface area contributed by atoms with Gasteiger partial charge >= 0.3 is 0 Å². The van der Waals surface area contributed by atoms with Crippen molar-refractivity contribution in [3.05, 3.63) is 0 Å². The Balaban J connectivity index is 0. The lowest BCUT2D eigenvalue weighted by Gasteiger charge is -2.20. The molecule has 0 radical (unpaired) electrons. The van der Waals surface area contributed by atoms with E-state index in [0.29, 0.717) is 6.42 Å². The number of ketones is 4. The first kappa shape index (κ1) is 24.9. The van der Waals surface area contributed by atoms with Crippen LogP contribution in [-0.2, 0) is 19.2 Å². The van der Waals surface area contributed by atoms with E-state index in [1.807, 2.05) is 55.4 Å². The molecular weight excluding hydrogens is 304 g/mol. The van der Waals surface area contributed by atoms with Gasteiger partial charge in [-0.1, -0.05) is 55.4 Å². The van der Waals surface area contributed by atoms with Gasteiger partial charge in [0.1, 0.15) is 23.1 Å². The number of carbonyl (C=O) groups is 4. The van der Waals surface area contributed by atoms with E-state index >= 15 is 0 Å². The van der Waals surface area contributed by atoms with Crippen molar-refractivity contribution in [2.75, 3.05) is 0 Å². The molecule has 0 rings (SSSR count). The highest BCUT2D eigenvalue weighted by atomic mass is 16.2. The first-order valence-corrected chi connectivity index (χ1v) is 8.57. The summed E-state index contributed by atoms with van der Waals surface area (Å²) in [5.74, 6) is 0.416. The quantitative estimate of drug-likeness (QED) is 0.671. The second kappa shape index (κ2) is 9.85. The van der Waals surface area contributed by atoms with Crippen LogP contribution in [0.4, 0.5) is 0 Å². The molecule has 0 aromatic heterocycles. The Hall–Kier alpha value is -1.32. The maximum atomic E-state index is 11.5. The van der Waals surface area contributed by atoms with E-state index in [1.54, 1.807) is 13.8 Å². The molecule has 0 heterocycles. The predicted octanol–water partition coefficient (Wildman–Crippen LogP) is 4.43. The fraction of sp³-hybridized carbons (Fsp3) is 0.800. The van der Waals surface area contributed by atoms with E-state index in [-0.39, 0.29) is 41.4 Å². The highest BCUT2D eigenvalue weighted by Gasteiger charge is 2.28. The molecule has 140 valence electrons. The Labute approximate surface area is 147 Å². The van der Waals surface area contributed by atoms with Gasteiger partial charge in [0.25, 0.3) is 0 Å². The van der Waals surface area contributed by atoms with Gasteiger partial charge in [0, 0.05) is 22.7 Å². The maximum absolute atomic E-state index is 11.5. The summed E-state index contributed by atoms with van der Waals surface area (Å²) in [6, 6.07) is 0. The molecule has 0 saturated carbocycles. The SMILES string of the molecule is CC(=O)C(C)CC(C)C(C)=O.CC(C)(C)C(=O)CC(=O)C(C)(C)C. The van der Waals surface area contributed by atoms with E-state index in [0.717, 1.165) is 0 Å². The van der Waals surface area contributed by atoms with Crippen LogP contribution in [0.1, 0.15) is 82.1 Å².